The molecule has 3 rings (SSSR count). The number of rotatable bonds is 2. The Morgan fingerprint density at radius 2 is 2.20 bits per heavy atom. The van der Waals surface area contributed by atoms with Crippen LogP contribution in [0, 0.1) is 4.84 Å². The van der Waals surface area contributed by atoms with Crippen LogP contribution in [0.5, 0.6) is 0 Å². The lowest BCUT2D eigenvalue weighted by Gasteiger charge is -2.28. The van der Waals surface area contributed by atoms with Crippen LogP contribution in [-0.2, 0) is 0 Å². The molecule has 5 nitrogen and oxygen atoms in total. The number of aromatic nitrogens is 1. The monoisotopic (exact) mass is 292 g/mol. The zero-order valence-corrected chi connectivity index (χ0v) is 11.7. The zero-order chi connectivity index (χ0) is 14.1. The minimum Gasteiger partial charge on any atom is -0.429 e. The number of aromatic amines is 1. The van der Waals surface area contributed by atoms with Gasteiger partial charge in [0.2, 0.25) is 0 Å². The third-order valence-corrected chi connectivity index (χ3v) is 3.91. The van der Waals surface area contributed by atoms with E-state index in [1.807, 2.05) is 0 Å². The predicted octanol–water partition coefficient (Wildman–Crippen LogP) is 2.52. The minimum absolute atomic E-state index is 0.162. The van der Waals surface area contributed by atoms with Crippen molar-refractivity contribution in [1.82, 2.24) is 10.3 Å². The molecule has 0 saturated heterocycles. The van der Waals surface area contributed by atoms with Crippen molar-refractivity contribution in [2.75, 3.05) is 0 Å². The number of nitrogens with one attached hydrogen (secondary N) is 2. The maximum absolute atomic E-state index is 12.2. The standard InChI is InChI=1S/C14H16N2O3S/c17-11-4-2-1-3-9(11)15-13(18)8-5-6-10-12(7-8)19-14(20)16-10/h5-7,9,11,17H,1-4H2,(H,15,18)(H,16,20). The fourth-order valence-electron chi connectivity index (χ4n) is 2.62. The highest BCUT2D eigenvalue weighted by molar-refractivity contribution is 7.71. The fourth-order valence-corrected chi connectivity index (χ4v) is 2.82. The number of aliphatic hydroxyl groups is 1. The van der Waals surface area contributed by atoms with E-state index in [0.29, 0.717) is 16.0 Å². The van der Waals surface area contributed by atoms with Gasteiger partial charge in [-0.3, -0.25) is 4.79 Å². The second kappa shape index (κ2) is 5.38. The van der Waals surface area contributed by atoms with E-state index in [1.54, 1.807) is 18.2 Å². The molecule has 0 spiro atoms. The second-order valence-corrected chi connectivity index (χ2v) is 5.53. The zero-order valence-electron chi connectivity index (χ0n) is 10.9. The quantitative estimate of drug-likeness (QED) is 0.743. The maximum Gasteiger partial charge on any atom is 0.266 e. The van der Waals surface area contributed by atoms with Gasteiger partial charge in [-0.25, -0.2) is 0 Å². The Morgan fingerprint density at radius 1 is 1.40 bits per heavy atom. The van der Waals surface area contributed by atoms with E-state index in [4.69, 9.17) is 16.6 Å². The molecule has 0 radical (unpaired) electrons. The van der Waals surface area contributed by atoms with Crippen LogP contribution in [0.2, 0.25) is 0 Å². The molecule has 0 aliphatic heterocycles. The average molecular weight is 292 g/mol. The van der Waals surface area contributed by atoms with Crippen molar-refractivity contribution in [2.24, 2.45) is 0 Å². The number of hydrogen-bond donors (Lipinski definition) is 3. The van der Waals surface area contributed by atoms with E-state index >= 15 is 0 Å². The molecule has 1 heterocycles. The molecule has 1 saturated carbocycles. The van der Waals surface area contributed by atoms with Gasteiger partial charge in [-0.15, -0.1) is 0 Å². The first-order valence-corrected chi connectivity index (χ1v) is 7.16. The van der Waals surface area contributed by atoms with E-state index in [1.165, 1.54) is 0 Å². The molecule has 0 bridgehead atoms. The smallest absolute Gasteiger partial charge is 0.266 e. The molecule has 2 unspecified atom stereocenters. The van der Waals surface area contributed by atoms with Crippen molar-refractivity contribution in [3.8, 4) is 0 Å². The van der Waals surface area contributed by atoms with Gasteiger partial charge in [0.05, 0.1) is 17.7 Å². The predicted molar refractivity (Wildman–Crippen MR) is 77.1 cm³/mol. The van der Waals surface area contributed by atoms with E-state index in [9.17, 15) is 9.90 Å². The lowest BCUT2D eigenvalue weighted by molar-refractivity contribution is 0.0717. The first-order valence-electron chi connectivity index (χ1n) is 6.75. The highest BCUT2D eigenvalue weighted by Gasteiger charge is 2.24. The Kier molecular flexibility index (Phi) is 3.58. The van der Waals surface area contributed by atoms with E-state index in [2.05, 4.69) is 10.3 Å². The number of aliphatic hydroxyl groups excluding tert-OH is 1. The number of oxazole rings is 1. The van der Waals surface area contributed by atoms with Gasteiger partial charge in [-0.05, 0) is 43.3 Å². The Morgan fingerprint density at radius 3 is 3.00 bits per heavy atom. The molecule has 2 aromatic rings. The van der Waals surface area contributed by atoms with Crippen LogP contribution in [0.4, 0.5) is 0 Å². The summed E-state index contributed by atoms with van der Waals surface area (Å²) in [6, 6.07) is 4.98. The number of benzene rings is 1. The van der Waals surface area contributed by atoms with Crippen LogP contribution in [0.25, 0.3) is 11.1 Å². The molecule has 1 aromatic carbocycles. The van der Waals surface area contributed by atoms with Gasteiger partial charge in [0.25, 0.3) is 10.7 Å². The number of carbonyl (C=O) groups excluding carboxylic acids is 1. The lowest BCUT2D eigenvalue weighted by Crippen LogP contribution is -2.45. The molecular weight excluding hydrogens is 276 g/mol. The molecular formula is C14H16N2O3S. The maximum atomic E-state index is 12.2. The number of fused-ring (bicyclic) bond motifs is 1. The first-order chi connectivity index (χ1) is 9.63. The summed E-state index contributed by atoms with van der Waals surface area (Å²) >= 11 is 4.91. The summed E-state index contributed by atoms with van der Waals surface area (Å²) < 4.78 is 5.30. The summed E-state index contributed by atoms with van der Waals surface area (Å²) in [5.41, 5.74) is 1.84. The van der Waals surface area contributed by atoms with E-state index < -0.39 is 6.10 Å². The highest BCUT2D eigenvalue weighted by atomic mass is 32.1. The summed E-state index contributed by atoms with van der Waals surface area (Å²) in [7, 11) is 0. The lowest BCUT2D eigenvalue weighted by atomic mass is 9.92. The van der Waals surface area contributed by atoms with E-state index in [0.717, 1.165) is 31.2 Å². The minimum atomic E-state index is -0.451. The van der Waals surface area contributed by atoms with Crippen LogP contribution in [-0.4, -0.2) is 28.1 Å². The topological polar surface area (TPSA) is 78.3 Å². The van der Waals surface area contributed by atoms with Crippen LogP contribution in [0.15, 0.2) is 22.6 Å². The molecule has 3 N–H and O–H groups in total. The molecule has 1 aliphatic carbocycles. The number of amides is 1. The summed E-state index contributed by atoms with van der Waals surface area (Å²) in [6.45, 7) is 0. The Balaban J connectivity index is 1.79. The summed E-state index contributed by atoms with van der Waals surface area (Å²) in [4.78, 5) is 15.4. The third kappa shape index (κ3) is 2.62. The van der Waals surface area contributed by atoms with Crippen molar-refractivity contribution in [2.45, 2.75) is 37.8 Å². The van der Waals surface area contributed by atoms with Crippen molar-refractivity contribution in [1.29, 1.82) is 0 Å². The molecule has 1 amide bonds. The molecule has 6 heteroatoms. The number of hydrogen-bond acceptors (Lipinski definition) is 4. The van der Waals surface area contributed by atoms with Crippen LogP contribution in [0.3, 0.4) is 0 Å². The molecule has 1 fully saturated rings. The van der Waals surface area contributed by atoms with Gasteiger partial charge in [0, 0.05) is 5.56 Å². The highest BCUT2D eigenvalue weighted by Crippen LogP contribution is 2.20. The van der Waals surface area contributed by atoms with Crippen LogP contribution in [0.1, 0.15) is 36.0 Å². The average Bonchev–Trinajstić information content (AvgIpc) is 2.80. The van der Waals surface area contributed by atoms with Crippen molar-refractivity contribution in [3.63, 3.8) is 0 Å². The van der Waals surface area contributed by atoms with Gasteiger partial charge in [-0.1, -0.05) is 12.8 Å². The normalized spacial score (nSPS) is 22.9. The summed E-state index contributed by atoms with van der Waals surface area (Å²) in [6.07, 6.45) is 3.17. The van der Waals surface area contributed by atoms with Crippen molar-refractivity contribution >= 4 is 29.2 Å². The van der Waals surface area contributed by atoms with Gasteiger partial charge in [-0.2, -0.15) is 0 Å². The Labute approximate surface area is 121 Å². The van der Waals surface area contributed by atoms with E-state index in [-0.39, 0.29) is 11.9 Å². The van der Waals surface area contributed by atoms with Gasteiger partial charge < -0.3 is 19.8 Å². The SMILES string of the molecule is O=C(NC1CCCCC1O)c1ccc2[nH]c(=S)oc2c1. The second-order valence-electron chi connectivity index (χ2n) is 5.16. The van der Waals surface area contributed by atoms with Gasteiger partial charge >= 0.3 is 0 Å². The van der Waals surface area contributed by atoms with Crippen molar-refractivity contribution < 1.29 is 14.3 Å². The summed E-state index contributed by atoms with van der Waals surface area (Å²) in [5.74, 6) is -0.194. The summed E-state index contributed by atoms with van der Waals surface area (Å²) in [5, 5.41) is 12.8. The Hall–Kier alpha value is -1.66. The Bertz CT molecular complexity index is 691. The third-order valence-electron chi connectivity index (χ3n) is 3.73. The van der Waals surface area contributed by atoms with Gasteiger partial charge in [0.1, 0.15) is 0 Å². The van der Waals surface area contributed by atoms with Crippen LogP contribution < -0.4 is 5.32 Å². The first kappa shape index (κ1) is 13.3. The molecule has 20 heavy (non-hydrogen) atoms. The van der Waals surface area contributed by atoms with Crippen molar-refractivity contribution in [3.05, 3.63) is 28.6 Å². The molecule has 106 valence electrons. The van der Waals surface area contributed by atoms with Crippen LogP contribution >= 0.6 is 12.2 Å². The number of H-pyrrole nitrogens is 1. The number of carbonyl (C=O) groups is 1. The fraction of sp³-hybridized carbons (Fsp3) is 0.429. The molecule has 1 aromatic heterocycles. The molecule has 1 aliphatic rings. The largest absolute Gasteiger partial charge is 0.429 e. The molecule has 2 atom stereocenters. The van der Waals surface area contributed by atoms with Gasteiger partial charge in [0.15, 0.2) is 5.58 Å².